The number of rotatable bonds is 5. The summed E-state index contributed by atoms with van der Waals surface area (Å²) in [6.45, 7) is 8.33. The molecule has 0 saturated heterocycles. The molecule has 2 aromatic rings. The summed E-state index contributed by atoms with van der Waals surface area (Å²) in [5.41, 5.74) is 5.71. The zero-order chi connectivity index (χ0) is 21.4. The largest absolute Gasteiger partial charge is 0.318 e. The van der Waals surface area contributed by atoms with E-state index in [2.05, 4.69) is 59.7 Å². The molecule has 6 nitrogen and oxygen atoms in total. The van der Waals surface area contributed by atoms with Crippen molar-refractivity contribution in [1.29, 1.82) is 5.41 Å². The third-order valence-corrected chi connectivity index (χ3v) is 6.31. The third-order valence-electron chi connectivity index (χ3n) is 5.34. The van der Waals surface area contributed by atoms with Crippen molar-refractivity contribution < 1.29 is 4.79 Å². The van der Waals surface area contributed by atoms with E-state index in [1.807, 2.05) is 13.0 Å². The minimum absolute atomic E-state index is 0.0855. The Balaban J connectivity index is 1.75. The highest BCUT2D eigenvalue weighted by Gasteiger charge is 2.35. The SMILES string of the molecule is CCCC1=NN2C(=N)/C(=C\c3cc(C)n(-c4ccccc4CC)c3C)C(=O)N=C2S1. The molecule has 1 amide bonds. The van der Waals surface area contributed by atoms with Crippen LogP contribution in [0.15, 0.2) is 46.0 Å². The van der Waals surface area contributed by atoms with Gasteiger partial charge in [-0.25, -0.2) is 0 Å². The Kier molecular flexibility index (Phi) is 5.47. The van der Waals surface area contributed by atoms with Crippen LogP contribution < -0.4 is 0 Å². The minimum Gasteiger partial charge on any atom is -0.318 e. The zero-order valence-corrected chi connectivity index (χ0v) is 18.5. The molecule has 0 aliphatic carbocycles. The summed E-state index contributed by atoms with van der Waals surface area (Å²) in [5, 5.41) is 15.9. The van der Waals surface area contributed by atoms with Crippen LogP contribution in [0.25, 0.3) is 11.8 Å². The lowest BCUT2D eigenvalue weighted by Crippen LogP contribution is -2.35. The van der Waals surface area contributed by atoms with Crippen LogP contribution in [-0.2, 0) is 11.2 Å². The second kappa shape index (κ2) is 8.07. The molecule has 1 aromatic carbocycles. The number of benzene rings is 1. The van der Waals surface area contributed by atoms with Gasteiger partial charge in [0.25, 0.3) is 5.91 Å². The highest BCUT2D eigenvalue weighted by molar-refractivity contribution is 8.26. The fourth-order valence-corrected chi connectivity index (χ4v) is 4.82. The summed E-state index contributed by atoms with van der Waals surface area (Å²) in [6.07, 6.45) is 4.49. The van der Waals surface area contributed by atoms with Gasteiger partial charge in [-0.2, -0.15) is 15.1 Å². The van der Waals surface area contributed by atoms with Crippen molar-refractivity contribution in [1.82, 2.24) is 9.58 Å². The first-order valence-electron chi connectivity index (χ1n) is 10.2. The molecule has 2 aliphatic heterocycles. The van der Waals surface area contributed by atoms with Gasteiger partial charge >= 0.3 is 0 Å². The van der Waals surface area contributed by atoms with Crippen LogP contribution in [0, 0.1) is 19.3 Å². The number of aliphatic imine (C=N–C) groups is 1. The van der Waals surface area contributed by atoms with E-state index >= 15 is 0 Å². The topological polar surface area (TPSA) is 73.8 Å². The average Bonchev–Trinajstić information content (AvgIpc) is 3.25. The van der Waals surface area contributed by atoms with Gasteiger partial charge in [-0.3, -0.25) is 10.2 Å². The van der Waals surface area contributed by atoms with Crippen molar-refractivity contribution in [2.45, 2.75) is 47.0 Å². The molecule has 0 fully saturated rings. The number of para-hydroxylation sites is 1. The van der Waals surface area contributed by atoms with Crippen molar-refractivity contribution in [3.8, 4) is 5.69 Å². The highest BCUT2D eigenvalue weighted by Crippen LogP contribution is 2.31. The Labute approximate surface area is 180 Å². The standard InChI is InChI=1S/C23H25N5OS/c1-5-9-20-26-28-21(24)18(22(29)25-23(28)30-20)13-17-12-14(3)27(15(17)4)19-11-8-7-10-16(19)6-2/h7-8,10-13,24H,5-6,9H2,1-4H3/b18-13+,24-21?. The lowest BCUT2D eigenvalue weighted by Gasteiger charge is -2.20. The van der Waals surface area contributed by atoms with Gasteiger partial charge in [0.15, 0.2) is 5.84 Å². The van der Waals surface area contributed by atoms with E-state index in [9.17, 15) is 4.79 Å². The summed E-state index contributed by atoms with van der Waals surface area (Å²) >= 11 is 1.38. The molecule has 0 unspecified atom stereocenters. The Hall–Kier alpha value is -2.93. The molecule has 3 heterocycles. The number of carbonyl (C=O) groups is 1. The molecule has 0 saturated carbocycles. The van der Waals surface area contributed by atoms with Crippen molar-refractivity contribution >= 4 is 39.8 Å². The van der Waals surface area contributed by atoms with Crippen molar-refractivity contribution in [2.24, 2.45) is 10.1 Å². The zero-order valence-electron chi connectivity index (χ0n) is 17.7. The van der Waals surface area contributed by atoms with Crippen LogP contribution in [0.5, 0.6) is 0 Å². The number of thioether (sulfide) groups is 1. The lowest BCUT2D eigenvalue weighted by molar-refractivity contribution is -0.114. The van der Waals surface area contributed by atoms with Crippen molar-refractivity contribution in [3.05, 3.63) is 58.4 Å². The number of aromatic nitrogens is 1. The number of nitrogens with zero attached hydrogens (tertiary/aromatic N) is 4. The van der Waals surface area contributed by atoms with Gasteiger partial charge in [0.1, 0.15) is 5.04 Å². The second-order valence-electron chi connectivity index (χ2n) is 7.41. The first-order valence-corrected chi connectivity index (χ1v) is 11.0. The molecule has 0 radical (unpaired) electrons. The van der Waals surface area contributed by atoms with Crippen LogP contribution in [0.3, 0.4) is 0 Å². The number of hydrogen-bond acceptors (Lipinski definition) is 4. The number of amides is 1. The van der Waals surface area contributed by atoms with E-state index in [1.165, 1.54) is 22.3 Å². The maximum atomic E-state index is 12.7. The molecule has 0 atom stereocenters. The van der Waals surface area contributed by atoms with Crippen LogP contribution in [-0.4, -0.2) is 31.5 Å². The molecule has 0 bridgehead atoms. The Morgan fingerprint density at radius 1 is 1.20 bits per heavy atom. The van der Waals surface area contributed by atoms with E-state index < -0.39 is 0 Å². The van der Waals surface area contributed by atoms with Gasteiger partial charge in [0.05, 0.1) is 5.57 Å². The normalized spacial score (nSPS) is 17.5. The maximum absolute atomic E-state index is 12.7. The number of carbonyl (C=O) groups excluding carboxylic acids is 1. The molecular formula is C23H25N5OS. The fourth-order valence-electron chi connectivity index (χ4n) is 3.83. The molecule has 7 heteroatoms. The van der Waals surface area contributed by atoms with Gasteiger partial charge in [-0.1, -0.05) is 32.0 Å². The van der Waals surface area contributed by atoms with Gasteiger partial charge < -0.3 is 4.57 Å². The quantitative estimate of drug-likeness (QED) is 0.687. The van der Waals surface area contributed by atoms with Crippen LogP contribution in [0.1, 0.15) is 49.2 Å². The Morgan fingerprint density at radius 2 is 1.97 bits per heavy atom. The van der Waals surface area contributed by atoms with E-state index in [0.717, 1.165) is 46.9 Å². The number of hydrogen-bond donors (Lipinski definition) is 1. The molecule has 0 spiro atoms. The van der Waals surface area contributed by atoms with Crippen LogP contribution in [0.2, 0.25) is 0 Å². The molecular weight excluding hydrogens is 394 g/mol. The number of fused-ring (bicyclic) bond motifs is 1. The summed E-state index contributed by atoms with van der Waals surface area (Å²) < 4.78 is 2.21. The average molecular weight is 420 g/mol. The van der Waals surface area contributed by atoms with Gasteiger partial charge in [-0.15, -0.1) is 0 Å². The van der Waals surface area contributed by atoms with Crippen molar-refractivity contribution in [3.63, 3.8) is 0 Å². The summed E-state index contributed by atoms with van der Waals surface area (Å²) in [4.78, 5) is 16.9. The smallest absolute Gasteiger partial charge is 0.283 e. The third kappa shape index (κ3) is 3.43. The monoisotopic (exact) mass is 419 g/mol. The Bertz CT molecular complexity index is 1140. The van der Waals surface area contributed by atoms with Crippen LogP contribution >= 0.6 is 11.8 Å². The second-order valence-corrected chi connectivity index (χ2v) is 8.45. The summed E-state index contributed by atoms with van der Waals surface area (Å²) in [5.74, 6) is -0.298. The predicted octanol–water partition coefficient (Wildman–Crippen LogP) is 5.08. The molecule has 154 valence electrons. The molecule has 1 aromatic heterocycles. The van der Waals surface area contributed by atoms with Gasteiger partial charge in [0, 0.05) is 17.1 Å². The van der Waals surface area contributed by atoms with E-state index in [1.54, 1.807) is 6.08 Å². The minimum atomic E-state index is -0.384. The first kappa shape index (κ1) is 20.3. The predicted molar refractivity (Wildman–Crippen MR) is 125 cm³/mol. The van der Waals surface area contributed by atoms with Crippen LogP contribution in [0.4, 0.5) is 0 Å². The fraction of sp³-hybridized carbons (Fsp3) is 0.304. The van der Waals surface area contributed by atoms with Gasteiger partial charge in [0.2, 0.25) is 5.17 Å². The number of hydrazone groups is 1. The molecule has 4 rings (SSSR count). The molecule has 2 aliphatic rings. The van der Waals surface area contributed by atoms with Gasteiger partial charge in [-0.05, 0) is 74.2 Å². The number of aryl methyl sites for hydroxylation is 2. The molecule has 1 N–H and O–H groups in total. The highest BCUT2D eigenvalue weighted by atomic mass is 32.2. The van der Waals surface area contributed by atoms with E-state index in [4.69, 9.17) is 5.41 Å². The summed E-state index contributed by atoms with van der Waals surface area (Å²) in [7, 11) is 0. The number of nitrogens with one attached hydrogen (secondary N) is 1. The molecule has 30 heavy (non-hydrogen) atoms. The Morgan fingerprint density at radius 3 is 2.70 bits per heavy atom. The maximum Gasteiger partial charge on any atom is 0.283 e. The van der Waals surface area contributed by atoms with E-state index in [0.29, 0.717) is 5.17 Å². The van der Waals surface area contributed by atoms with E-state index in [-0.39, 0.29) is 17.3 Å². The first-order chi connectivity index (χ1) is 14.4. The number of amidine groups is 2. The summed E-state index contributed by atoms with van der Waals surface area (Å²) in [6, 6.07) is 10.4. The van der Waals surface area contributed by atoms with Crippen molar-refractivity contribution in [2.75, 3.05) is 0 Å². The lowest BCUT2D eigenvalue weighted by atomic mass is 10.1.